The van der Waals surface area contributed by atoms with Crippen LogP contribution in [0.4, 0.5) is 0 Å². The maximum absolute atomic E-state index is 11.1. The molecule has 0 bridgehead atoms. The first kappa shape index (κ1) is 21.5. The third-order valence-corrected chi connectivity index (χ3v) is 5.86. The summed E-state index contributed by atoms with van der Waals surface area (Å²) in [6.45, 7) is 0.112. The summed E-state index contributed by atoms with van der Waals surface area (Å²) in [6.07, 6.45) is -5.58. The van der Waals surface area contributed by atoms with E-state index in [2.05, 4.69) is 4.74 Å². The zero-order valence-corrected chi connectivity index (χ0v) is 13.9. The van der Waals surface area contributed by atoms with Gasteiger partial charge in [-0.25, -0.2) is 0 Å². The third kappa shape index (κ3) is 10.8. The van der Waals surface area contributed by atoms with Gasteiger partial charge in [-0.1, -0.05) is 11.8 Å². The van der Waals surface area contributed by atoms with Gasteiger partial charge >= 0.3 is 17.9 Å². The van der Waals surface area contributed by atoms with Gasteiger partial charge in [0.15, 0.2) is 0 Å². The van der Waals surface area contributed by atoms with Gasteiger partial charge in [0.1, 0.15) is 6.10 Å². The number of hydrogen-bond acceptors (Lipinski definition) is 6. The zero-order chi connectivity index (χ0) is 18.0. The molecule has 3 atom stereocenters. The van der Waals surface area contributed by atoms with E-state index in [1.165, 1.54) is 0 Å². The molecule has 0 saturated heterocycles. The fourth-order valence-electron chi connectivity index (χ4n) is 1.89. The molecular formula is C12H19O9PS. The largest absolute Gasteiger partial charge is 0.481 e. The summed E-state index contributed by atoms with van der Waals surface area (Å²) in [4.78, 5) is 52.8. The predicted molar refractivity (Wildman–Crippen MR) is 82.0 cm³/mol. The summed E-state index contributed by atoms with van der Waals surface area (Å²) in [7, 11) is 0. The van der Waals surface area contributed by atoms with E-state index in [1.807, 2.05) is 0 Å². The number of ether oxygens (including phenoxy) is 1. The molecule has 0 aromatic carbocycles. The first-order valence-corrected chi connectivity index (χ1v) is 9.76. The van der Waals surface area contributed by atoms with E-state index >= 15 is 0 Å². The van der Waals surface area contributed by atoms with Gasteiger partial charge in [0.2, 0.25) is 0 Å². The van der Waals surface area contributed by atoms with Crippen molar-refractivity contribution in [2.75, 3.05) is 12.3 Å². The molecule has 11 heteroatoms. The molecule has 0 saturated carbocycles. The van der Waals surface area contributed by atoms with Crippen molar-refractivity contribution in [3.05, 3.63) is 0 Å². The molecule has 23 heavy (non-hydrogen) atoms. The Balaban J connectivity index is 4.79. The molecule has 0 spiro atoms. The average Bonchev–Trinajstić information content (AvgIpc) is 2.40. The second-order valence-electron chi connectivity index (χ2n) is 4.97. The molecule has 132 valence electrons. The highest BCUT2D eigenvalue weighted by Gasteiger charge is 2.29. The number of carboxylic acids is 3. The van der Waals surface area contributed by atoms with Crippen LogP contribution in [0.3, 0.4) is 0 Å². The minimum atomic E-state index is -3.23. The van der Waals surface area contributed by atoms with Crippen LogP contribution >= 0.6 is 6.26 Å². The maximum atomic E-state index is 11.1. The Morgan fingerprint density at radius 3 is 2.00 bits per heavy atom. The summed E-state index contributed by atoms with van der Waals surface area (Å²) in [5.41, 5.74) is 0. The van der Waals surface area contributed by atoms with Crippen molar-refractivity contribution in [2.24, 2.45) is 5.92 Å². The van der Waals surface area contributed by atoms with E-state index in [1.54, 1.807) is 0 Å². The molecule has 4 N–H and O–H groups in total. The standard InChI is InChI=1S/C12H19O9PS/c13-7-21-9(2-4-11(16)17)6-22(20,23)5-8(12(18)19)1-3-10(14)15/h7-9H,1-6H2,(H,14,15)(H,16,17)(H,18,19)(H,20,23). The van der Waals surface area contributed by atoms with Crippen molar-refractivity contribution in [1.82, 2.24) is 0 Å². The molecule has 0 aromatic rings. The number of carboxylic acid groups (broad SMARTS) is 3. The first-order valence-electron chi connectivity index (χ1n) is 6.63. The number of carbonyl (C=O) groups is 4. The summed E-state index contributed by atoms with van der Waals surface area (Å²) in [6, 6.07) is 0. The van der Waals surface area contributed by atoms with E-state index in [-0.39, 0.29) is 44.5 Å². The second-order valence-corrected chi connectivity index (χ2v) is 9.43. The van der Waals surface area contributed by atoms with Crippen LogP contribution < -0.4 is 0 Å². The summed E-state index contributed by atoms with van der Waals surface area (Å²) >= 11 is 5.00. The molecule has 0 aliphatic heterocycles. The highest BCUT2D eigenvalue weighted by molar-refractivity contribution is 8.11. The Hall–Kier alpha value is -1.51. The Bertz CT molecular complexity index is 493. The summed E-state index contributed by atoms with van der Waals surface area (Å²) in [5.74, 6) is -4.67. The van der Waals surface area contributed by atoms with E-state index in [0.717, 1.165) is 0 Å². The van der Waals surface area contributed by atoms with Gasteiger partial charge in [-0.2, -0.15) is 0 Å². The minimum Gasteiger partial charge on any atom is -0.481 e. The summed E-state index contributed by atoms with van der Waals surface area (Å²) < 4.78 is 4.68. The Morgan fingerprint density at radius 2 is 1.57 bits per heavy atom. The molecule has 0 radical (unpaired) electrons. The van der Waals surface area contributed by atoms with Crippen molar-refractivity contribution < 1.29 is 44.1 Å². The van der Waals surface area contributed by atoms with Gasteiger partial charge in [-0.15, -0.1) is 0 Å². The van der Waals surface area contributed by atoms with Gasteiger partial charge in [-0.05, 0) is 12.8 Å². The van der Waals surface area contributed by atoms with E-state index in [9.17, 15) is 24.1 Å². The van der Waals surface area contributed by atoms with Crippen LogP contribution in [0.25, 0.3) is 0 Å². The van der Waals surface area contributed by atoms with Crippen LogP contribution in [0.2, 0.25) is 0 Å². The SMILES string of the molecule is O=COC(CCC(=O)O)CP(O)(=S)CC(CCC(=O)O)C(=O)O. The van der Waals surface area contributed by atoms with Crippen LogP contribution in [-0.4, -0.2) is 63.0 Å². The number of aliphatic carboxylic acids is 3. The van der Waals surface area contributed by atoms with Crippen molar-refractivity contribution in [3.8, 4) is 0 Å². The number of carbonyl (C=O) groups excluding carboxylic acids is 1. The van der Waals surface area contributed by atoms with Crippen molar-refractivity contribution in [1.29, 1.82) is 0 Å². The molecule has 0 fully saturated rings. The van der Waals surface area contributed by atoms with Crippen LogP contribution in [0.15, 0.2) is 0 Å². The zero-order valence-electron chi connectivity index (χ0n) is 12.2. The number of rotatable bonds is 13. The highest BCUT2D eigenvalue weighted by Crippen LogP contribution is 2.45. The van der Waals surface area contributed by atoms with E-state index < -0.39 is 36.2 Å². The van der Waals surface area contributed by atoms with Crippen LogP contribution in [0, 0.1) is 5.92 Å². The maximum Gasteiger partial charge on any atom is 0.306 e. The lowest BCUT2D eigenvalue weighted by Gasteiger charge is -2.24. The Kier molecular flexibility index (Phi) is 9.62. The third-order valence-electron chi connectivity index (χ3n) is 2.98. The molecule has 0 amide bonds. The van der Waals surface area contributed by atoms with E-state index in [4.69, 9.17) is 27.1 Å². The smallest absolute Gasteiger partial charge is 0.306 e. The van der Waals surface area contributed by atoms with Gasteiger partial charge in [0.25, 0.3) is 6.47 Å². The van der Waals surface area contributed by atoms with Crippen LogP contribution in [0.5, 0.6) is 0 Å². The average molecular weight is 370 g/mol. The molecule has 0 aliphatic carbocycles. The van der Waals surface area contributed by atoms with Gasteiger partial charge in [-0.3, -0.25) is 19.2 Å². The lowest BCUT2D eigenvalue weighted by atomic mass is 10.1. The lowest BCUT2D eigenvalue weighted by Crippen LogP contribution is -2.24. The van der Waals surface area contributed by atoms with Crippen LogP contribution in [-0.2, 0) is 35.7 Å². The fourth-order valence-corrected chi connectivity index (χ4v) is 5.01. The Morgan fingerprint density at radius 1 is 1.04 bits per heavy atom. The summed E-state index contributed by atoms with van der Waals surface area (Å²) in [5, 5.41) is 26.3. The van der Waals surface area contributed by atoms with Gasteiger partial charge in [0.05, 0.1) is 12.2 Å². The normalized spacial score (nSPS) is 15.9. The quantitative estimate of drug-likeness (QED) is 0.263. The van der Waals surface area contributed by atoms with Crippen LogP contribution in [0.1, 0.15) is 25.7 Å². The van der Waals surface area contributed by atoms with E-state index in [0.29, 0.717) is 0 Å². The molecule has 0 heterocycles. The fraction of sp³-hybridized carbons (Fsp3) is 0.667. The molecule has 0 aromatic heterocycles. The Labute approximate surface area is 137 Å². The number of hydrogen-bond donors (Lipinski definition) is 4. The first-order chi connectivity index (χ1) is 10.6. The van der Waals surface area contributed by atoms with Crippen molar-refractivity contribution in [2.45, 2.75) is 31.8 Å². The molecule has 9 nitrogen and oxygen atoms in total. The molecular weight excluding hydrogens is 351 g/mol. The molecule has 3 unspecified atom stereocenters. The van der Waals surface area contributed by atoms with Crippen molar-refractivity contribution in [3.63, 3.8) is 0 Å². The highest BCUT2D eigenvalue weighted by atomic mass is 32.4. The lowest BCUT2D eigenvalue weighted by molar-refractivity contribution is -0.142. The molecule has 0 aliphatic rings. The van der Waals surface area contributed by atoms with Gasteiger partial charge in [0, 0.05) is 25.2 Å². The topological polar surface area (TPSA) is 158 Å². The second kappa shape index (κ2) is 10.3. The molecule has 0 rings (SSSR count). The van der Waals surface area contributed by atoms with Crippen molar-refractivity contribution >= 4 is 42.5 Å². The van der Waals surface area contributed by atoms with Gasteiger partial charge < -0.3 is 24.9 Å². The predicted octanol–water partition coefficient (Wildman–Crippen LogP) is 0.345. The minimum absolute atomic E-state index is 0.0557. The monoisotopic (exact) mass is 370 g/mol.